The van der Waals surface area contributed by atoms with Gasteiger partial charge in [0.15, 0.2) is 0 Å². The average molecular weight is 246 g/mol. The molecule has 2 N–H and O–H groups in total. The van der Waals surface area contributed by atoms with Crippen molar-refractivity contribution in [2.24, 2.45) is 5.73 Å². The number of nitrogens with two attached hydrogens (primary N) is 1. The Kier molecular flexibility index (Phi) is 3.92. The maximum Gasteiger partial charge on any atom is 0.119 e. The molecule has 0 saturated heterocycles. The van der Waals surface area contributed by atoms with Gasteiger partial charge in [-0.05, 0) is 57.0 Å². The third-order valence-corrected chi connectivity index (χ3v) is 3.33. The lowest BCUT2D eigenvalue weighted by molar-refractivity contribution is 0.415. The summed E-state index contributed by atoms with van der Waals surface area (Å²) in [5.74, 6) is 0.915. The molecule has 0 aliphatic carbocycles. The van der Waals surface area contributed by atoms with E-state index in [-0.39, 0.29) is 0 Å². The van der Waals surface area contributed by atoms with Crippen molar-refractivity contribution in [3.63, 3.8) is 0 Å². The molecule has 0 saturated carbocycles. The predicted molar refractivity (Wildman–Crippen MR) is 76.3 cm³/mol. The highest BCUT2D eigenvalue weighted by Gasteiger charge is 2.11. The van der Waals surface area contributed by atoms with E-state index in [1.807, 2.05) is 6.07 Å². The van der Waals surface area contributed by atoms with Gasteiger partial charge < -0.3 is 15.0 Å². The van der Waals surface area contributed by atoms with Crippen LogP contribution in [0, 0.1) is 0 Å². The number of hydrogen-bond acceptors (Lipinski definition) is 2. The Morgan fingerprint density at radius 1 is 1.33 bits per heavy atom. The Morgan fingerprint density at radius 2 is 2.11 bits per heavy atom. The van der Waals surface area contributed by atoms with Crippen LogP contribution in [-0.4, -0.2) is 18.2 Å². The van der Waals surface area contributed by atoms with Crippen LogP contribution in [0.5, 0.6) is 5.75 Å². The van der Waals surface area contributed by atoms with E-state index < -0.39 is 0 Å². The van der Waals surface area contributed by atoms with Gasteiger partial charge >= 0.3 is 0 Å². The number of aromatic nitrogens is 1. The van der Waals surface area contributed by atoms with Crippen molar-refractivity contribution in [3.05, 3.63) is 30.0 Å². The number of methoxy groups -OCH3 is 1. The lowest BCUT2D eigenvalue weighted by atomic mass is 10.1. The lowest BCUT2D eigenvalue weighted by Gasteiger charge is -2.09. The summed E-state index contributed by atoms with van der Waals surface area (Å²) in [5, 5.41) is 1.29. The number of fused-ring (bicyclic) bond motifs is 1. The fraction of sp³-hybridized carbons (Fsp3) is 0.467. The summed E-state index contributed by atoms with van der Waals surface area (Å²) in [4.78, 5) is 0. The molecule has 18 heavy (non-hydrogen) atoms. The van der Waals surface area contributed by atoms with Crippen LogP contribution in [0.1, 0.15) is 31.9 Å². The molecule has 0 bridgehead atoms. The van der Waals surface area contributed by atoms with Gasteiger partial charge in [-0.3, -0.25) is 0 Å². The Hall–Kier alpha value is -1.48. The van der Waals surface area contributed by atoms with Crippen LogP contribution in [0.25, 0.3) is 10.9 Å². The first-order valence-electron chi connectivity index (χ1n) is 6.55. The first-order valence-corrected chi connectivity index (χ1v) is 6.55. The Labute approximate surface area is 109 Å². The summed E-state index contributed by atoms with van der Waals surface area (Å²) in [6.07, 6.45) is 4.30. The van der Waals surface area contributed by atoms with Gasteiger partial charge in [0, 0.05) is 23.1 Å². The molecular weight excluding hydrogens is 224 g/mol. The summed E-state index contributed by atoms with van der Waals surface area (Å²) in [5.41, 5.74) is 8.25. The van der Waals surface area contributed by atoms with Gasteiger partial charge in [-0.1, -0.05) is 0 Å². The third-order valence-electron chi connectivity index (χ3n) is 3.33. The van der Waals surface area contributed by atoms with Crippen LogP contribution in [-0.2, 0) is 6.42 Å². The van der Waals surface area contributed by atoms with Gasteiger partial charge in [0.2, 0.25) is 0 Å². The van der Waals surface area contributed by atoms with Gasteiger partial charge in [0.1, 0.15) is 5.75 Å². The number of aryl methyl sites for hydroxylation is 1. The summed E-state index contributed by atoms with van der Waals surface area (Å²) in [6, 6.07) is 6.75. The molecule has 1 heterocycles. The summed E-state index contributed by atoms with van der Waals surface area (Å²) in [6.45, 7) is 5.14. The van der Waals surface area contributed by atoms with Crippen LogP contribution in [0.3, 0.4) is 0 Å². The fourth-order valence-corrected chi connectivity index (χ4v) is 2.35. The van der Waals surface area contributed by atoms with Crippen molar-refractivity contribution in [1.82, 2.24) is 4.57 Å². The SMILES string of the molecule is COc1ccc2c(c1)c(CCCN)cn2C(C)C. The molecule has 0 unspecified atom stereocenters. The van der Waals surface area contributed by atoms with E-state index in [1.165, 1.54) is 16.5 Å². The molecule has 0 amide bonds. The molecule has 1 aromatic carbocycles. The lowest BCUT2D eigenvalue weighted by Crippen LogP contribution is -2.00. The van der Waals surface area contributed by atoms with Crippen LogP contribution in [0.2, 0.25) is 0 Å². The van der Waals surface area contributed by atoms with Crippen molar-refractivity contribution in [2.45, 2.75) is 32.7 Å². The van der Waals surface area contributed by atoms with Crippen molar-refractivity contribution in [3.8, 4) is 5.75 Å². The van der Waals surface area contributed by atoms with Crippen LogP contribution >= 0.6 is 0 Å². The third kappa shape index (κ3) is 2.36. The van der Waals surface area contributed by atoms with Gasteiger partial charge in [0.25, 0.3) is 0 Å². The highest BCUT2D eigenvalue weighted by Crippen LogP contribution is 2.29. The maximum absolute atomic E-state index is 5.61. The number of nitrogens with zero attached hydrogens (tertiary/aromatic N) is 1. The topological polar surface area (TPSA) is 40.2 Å². The molecule has 2 aromatic rings. The molecule has 0 aliphatic rings. The van der Waals surface area contributed by atoms with E-state index in [0.29, 0.717) is 6.04 Å². The van der Waals surface area contributed by atoms with Gasteiger partial charge in [-0.15, -0.1) is 0 Å². The zero-order valence-electron chi connectivity index (χ0n) is 11.4. The van der Waals surface area contributed by atoms with Crippen molar-refractivity contribution < 1.29 is 4.74 Å². The zero-order valence-corrected chi connectivity index (χ0v) is 11.4. The quantitative estimate of drug-likeness (QED) is 0.880. The Bertz CT molecular complexity index is 529. The molecule has 0 aliphatic heterocycles. The van der Waals surface area contributed by atoms with Gasteiger partial charge in [-0.2, -0.15) is 0 Å². The largest absolute Gasteiger partial charge is 0.497 e. The highest BCUT2D eigenvalue weighted by atomic mass is 16.5. The summed E-state index contributed by atoms with van der Waals surface area (Å²) in [7, 11) is 1.71. The molecule has 0 fully saturated rings. The number of rotatable bonds is 5. The number of ether oxygens (including phenoxy) is 1. The van der Waals surface area contributed by atoms with Crippen molar-refractivity contribution in [1.29, 1.82) is 0 Å². The van der Waals surface area contributed by atoms with E-state index >= 15 is 0 Å². The zero-order chi connectivity index (χ0) is 13.1. The van der Waals surface area contributed by atoms with Crippen molar-refractivity contribution in [2.75, 3.05) is 13.7 Å². The second-order valence-corrected chi connectivity index (χ2v) is 4.93. The first-order chi connectivity index (χ1) is 8.67. The Balaban J connectivity index is 2.53. The molecule has 0 radical (unpaired) electrons. The minimum absolute atomic E-state index is 0.465. The molecule has 0 spiro atoms. The normalized spacial score (nSPS) is 11.4. The second kappa shape index (κ2) is 5.44. The molecule has 1 aromatic heterocycles. The number of hydrogen-bond donors (Lipinski definition) is 1. The smallest absolute Gasteiger partial charge is 0.119 e. The van der Waals surface area contributed by atoms with E-state index in [2.05, 4.69) is 36.7 Å². The van der Waals surface area contributed by atoms with E-state index in [0.717, 1.165) is 25.1 Å². The van der Waals surface area contributed by atoms with E-state index in [1.54, 1.807) is 7.11 Å². The minimum atomic E-state index is 0.465. The predicted octanol–water partition coefficient (Wildman–Crippen LogP) is 3.12. The van der Waals surface area contributed by atoms with Gasteiger partial charge in [-0.25, -0.2) is 0 Å². The Morgan fingerprint density at radius 3 is 2.72 bits per heavy atom. The van der Waals surface area contributed by atoms with Gasteiger partial charge in [0.05, 0.1) is 7.11 Å². The standard InChI is InChI=1S/C15H22N2O/c1-11(2)17-10-12(5-4-8-16)14-9-13(18-3)6-7-15(14)17/h6-7,9-11H,4-5,8,16H2,1-3H3. The van der Waals surface area contributed by atoms with Crippen molar-refractivity contribution >= 4 is 10.9 Å². The first kappa shape index (κ1) is 13.0. The van der Waals surface area contributed by atoms with Crippen LogP contribution in [0.15, 0.2) is 24.4 Å². The van der Waals surface area contributed by atoms with Crippen LogP contribution < -0.4 is 10.5 Å². The average Bonchev–Trinajstić information content (AvgIpc) is 2.74. The van der Waals surface area contributed by atoms with Crippen LogP contribution in [0.4, 0.5) is 0 Å². The fourth-order valence-electron chi connectivity index (χ4n) is 2.35. The molecule has 3 heteroatoms. The van der Waals surface area contributed by atoms with E-state index in [4.69, 9.17) is 10.5 Å². The molecule has 3 nitrogen and oxygen atoms in total. The monoisotopic (exact) mass is 246 g/mol. The molecule has 0 atom stereocenters. The number of benzene rings is 1. The molecular formula is C15H22N2O. The summed E-state index contributed by atoms with van der Waals surface area (Å²) < 4.78 is 7.64. The highest BCUT2D eigenvalue weighted by molar-refractivity contribution is 5.85. The van der Waals surface area contributed by atoms with E-state index in [9.17, 15) is 0 Å². The summed E-state index contributed by atoms with van der Waals surface area (Å²) >= 11 is 0. The molecule has 2 rings (SSSR count). The minimum Gasteiger partial charge on any atom is -0.497 e. The second-order valence-electron chi connectivity index (χ2n) is 4.93. The maximum atomic E-state index is 5.61. The molecule has 98 valence electrons.